The summed E-state index contributed by atoms with van der Waals surface area (Å²) < 4.78 is 1.44. The highest BCUT2D eigenvalue weighted by Crippen LogP contribution is 2.04. The number of rotatable bonds is 1. The molecule has 5 nitrogen and oxygen atoms in total. The van der Waals surface area contributed by atoms with Gasteiger partial charge in [0.25, 0.3) is 0 Å². The summed E-state index contributed by atoms with van der Waals surface area (Å²) in [5.74, 6) is -0.587. The second-order valence-electron chi connectivity index (χ2n) is 2.69. The number of aromatic nitrogens is 3. The molecule has 13 heavy (non-hydrogen) atoms. The average Bonchev–Trinajstić information content (AvgIpc) is 2.46. The van der Waals surface area contributed by atoms with E-state index in [1.807, 2.05) is 6.92 Å². The third-order valence-electron chi connectivity index (χ3n) is 1.74. The number of imidazole rings is 1. The Morgan fingerprint density at radius 3 is 3.08 bits per heavy atom. The minimum absolute atomic E-state index is 0.127. The van der Waals surface area contributed by atoms with Gasteiger partial charge in [0.2, 0.25) is 5.78 Å². The van der Waals surface area contributed by atoms with Gasteiger partial charge in [-0.25, -0.2) is 14.8 Å². The molecule has 0 saturated carbocycles. The summed E-state index contributed by atoms with van der Waals surface area (Å²) in [6, 6.07) is 1.74. The third-order valence-corrected chi connectivity index (χ3v) is 1.74. The van der Waals surface area contributed by atoms with Crippen LogP contribution in [0.2, 0.25) is 0 Å². The number of nitrogens with zero attached hydrogens (tertiary/aromatic N) is 3. The molecule has 0 unspecified atom stereocenters. The van der Waals surface area contributed by atoms with Crippen LogP contribution in [0, 0.1) is 6.92 Å². The lowest BCUT2D eigenvalue weighted by molar-refractivity contribution is 0.0689. The molecule has 1 N–H and O–H groups in total. The van der Waals surface area contributed by atoms with E-state index < -0.39 is 5.97 Å². The van der Waals surface area contributed by atoms with Gasteiger partial charge in [0, 0.05) is 11.9 Å². The predicted octanol–water partition coefficient (Wildman–Crippen LogP) is 0.736. The van der Waals surface area contributed by atoms with Crippen LogP contribution in [0.5, 0.6) is 0 Å². The fourth-order valence-electron chi connectivity index (χ4n) is 1.12. The highest BCUT2D eigenvalue weighted by molar-refractivity contribution is 5.86. The molecule has 0 aliphatic heterocycles. The van der Waals surface area contributed by atoms with Crippen molar-refractivity contribution >= 4 is 11.7 Å². The topological polar surface area (TPSA) is 67.5 Å². The molecule has 0 amide bonds. The number of hydrogen-bond acceptors (Lipinski definition) is 3. The lowest BCUT2D eigenvalue weighted by atomic mass is 10.4. The van der Waals surface area contributed by atoms with E-state index in [9.17, 15) is 4.79 Å². The molecular weight excluding hydrogens is 170 g/mol. The SMILES string of the molecule is Cc1ccn2c(C(=O)O)cnc2n1. The summed E-state index contributed by atoms with van der Waals surface area (Å²) in [5, 5.41) is 8.75. The molecule has 2 rings (SSSR count). The molecule has 5 heteroatoms. The van der Waals surface area contributed by atoms with E-state index in [0.29, 0.717) is 5.78 Å². The second-order valence-corrected chi connectivity index (χ2v) is 2.69. The van der Waals surface area contributed by atoms with Crippen molar-refractivity contribution in [2.45, 2.75) is 6.92 Å². The van der Waals surface area contributed by atoms with Crippen LogP contribution in [0.15, 0.2) is 18.5 Å². The minimum atomic E-state index is -1.00. The van der Waals surface area contributed by atoms with Crippen LogP contribution in [-0.4, -0.2) is 25.4 Å². The Morgan fingerprint density at radius 2 is 2.38 bits per heavy atom. The highest BCUT2D eigenvalue weighted by atomic mass is 16.4. The van der Waals surface area contributed by atoms with Crippen LogP contribution >= 0.6 is 0 Å². The number of hydrogen-bond donors (Lipinski definition) is 1. The van der Waals surface area contributed by atoms with Gasteiger partial charge in [-0.1, -0.05) is 0 Å². The normalized spacial score (nSPS) is 10.5. The van der Waals surface area contributed by atoms with Gasteiger partial charge in [0.15, 0.2) is 5.69 Å². The Hall–Kier alpha value is -1.91. The van der Waals surface area contributed by atoms with Crippen molar-refractivity contribution < 1.29 is 9.90 Å². The fourth-order valence-corrected chi connectivity index (χ4v) is 1.12. The number of aryl methyl sites for hydroxylation is 1. The van der Waals surface area contributed by atoms with Gasteiger partial charge < -0.3 is 5.11 Å². The predicted molar refractivity (Wildman–Crippen MR) is 44.7 cm³/mol. The van der Waals surface area contributed by atoms with Crippen molar-refractivity contribution in [2.75, 3.05) is 0 Å². The summed E-state index contributed by atoms with van der Waals surface area (Å²) in [4.78, 5) is 18.6. The minimum Gasteiger partial charge on any atom is -0.477 e. The maximum atomic E-state index is 10.7. The fraction of sp³-hybridized carbons (Fsp3) is 0.125. The molecule has 2 heterocycles. The lowest BCUT2D eigenvalue weighted by Gasteiger charge is -1.95. The van der Waals surface area contributed by atoms with E-state index in [2.05, 4.69) is 9.97 Å². The molecule has 0 spiro atoms. The van der Waals surface area contributed by atoms with Gasteiger partial charge in [-0.3, -0.25) is 4.40 Å². The molecule has 0 saturated heterocycles. The number of carboxylic acid groups (broad SMARTS) is 1. The molecule has 0 aliphatic carbocycles. The molecule has 0 atom stereocenters. The Labute approximate surface area is 73.7 Å². The van der Waals surface area contributed by atoms with E-state index >= 15 is 0 Å². The number of aromatic carboxylic acids is 1. The molecule has 66 valence electrons. The smallest absolute Gasteiger partial charge is 0.354 e. The van der Waals surface area contributed by atoms with E-state index in [1.165, 1.54) is 10.6 Å². The van der Waals surface area contributed by atoms with E-state index in [-0.39, 0.29) is 5.69 Å². The molecule has 0 radical (unpaired) electrons. The maximum absolute atomic E-state index is 10.7. The Bertz CT molecular complexity index is 475. The largest absolute Gasteiger partial charge is 0.477 e. The number of carboxylic acids is 1. The highest BCUT2D eigenvalue weighted by Gasteiger charge is 2.09. The maximum Gasteiger partial charge on any atom is 0.354 e. The van der Waals surface area contributed by atoms with E-state index in [4.69, 9.17) is 5.11 Å². The first-order valence-electron chi connectivity index (χ1n) is 3.72. The second kappa shape index (κ2) is 2.55. The molecule has 0 aliphatic rings. The van der Waals surface area contributed by atoms with Crippen LogP contribution in [0.1, 0.15) is 16.2 Å². The van der Waals surface area contributed by atoms with Gasteiger partial charge in [-0.05, 0) is 13.0 Å². The molecule has 2 aromatic heterocycles. The van der Waals surface area contributed by atoms with E-state index in [0.717, 1.165) is 5.69 Å². The first-order chi connectivity index (χ1) is 6.18. The van der Waals surface area contributed by atoms with Crippen molar-refractivity contribution in [1.82, 2.24) is 14.4 Å². The standard InChI is InChI=1S/C8H7N3O2/c1-5-2-3-11-6(7(12)13)4-9-8(11)10-5/h2-4H,1H3,(H,12,13). The van der Waals surface area contributed by atoms with Crippen molar-refractivity contribution in [3.05, 3.63) is 29.8 Å². The van der Waals surface area contributed by atoms with Gasteiger partial charge in [-0.2, -0.15) is 0 Å². The van der Waals surface area contributed by atoms with Gasteiger partial charge in [-0.15, -0.1) is 0 Å². The Balaban J connectivity index is 2.76. The van der Waals surface area contributed by atoms with Crippen molar-refractivity contribution in [2.24, 2.45) is 0 Å². The third kappa shape index (κ3) is 1.14. The first-order valence-corrected chi connectivity index (χ1v) is 3.72. The summed E-state index contributed by atoms with van der Waals surface area (Å²) in [6.45, 7) is 1.83. The molecule has 2 aromatic rings. The summed E-state index contributed by atoms with van der Waals surface area (Å²) >= 11 is 0. The monoisotopic (exact) mass is 177 g/mol. The van der Waals surface area contributed by atoms with Gasteiger partial charge in [0.05, 0.1) is 6.20 Å². The van der Waals surface area contributed by atoms with E-state index in [1.54, 1.807) is 12.3 Å². The van der Waals surface area contributed by atoms with Gasteiger partial charge >= 0.3 is 5.97 Å². The molecular formula is C8H7N3O2. The zero-order chi connectivity index (χ0) is 9.42. The molecule has 0 bridgehead atoms. The quantitative estimate of drug-likeness (QED) is 0.697. The van der Waals surface area contributed by atoms with Crippen LogP contribution in [0.25, 0.3) is 5.78 Å². The summed E-state index contributed by atoms with van der Waals surface area (Å²) in [7, 11) is 0. The van der Waals surface area contributed by atoms with Crippen LogP contribution in [0.4, 0.5) is 0 Å². The molecule has 0 fully saturated rings. The van der Waals surface area contributed by atoms with Gasteiger partial charge in [0.1, 0.15) is 0 Å². The van der Waals surface area contributed by atoms with Crippen molar-refractivity contribution in [3.63, 3.8) is 0 Å². The number of fused-ring (bicyclic) bond motifs is 1. The lowest BCUT2D eigenvalue weighted by Crippen LogP contribution is -2.02. The molecule has 0 aromatic carbocycles. The van der Waals surface area contributed by atoms with Crippen molar-refractivity contribution in [1.29, 1.82) is 0 Å². The van der Waals surface area contributed by atoms with Crippen LogP contribution in [-0.2, 0) is 0 Å². The average molecular weight is 177 g/mol. The van der Waals surface area contributed by atoms with Crippen LogP contribution in [0.3, 0.4) is 0 Å². The zero-order valence-corrected chi connectivity index (χ0v) is 6.93. The first kappa shape index (κ1) is 7.72. The number of carbonyl (C=O) groups is 1. The summed E-state index contributed by atoms with van der Waals surface area (Å²) in [5.41, 5.74) is 0.942. The Morgan fingerprint density at radius 1 is 1.62 bits per heavy atom. The van der Waals surface area contributed by atoms with Crippen molar-refractivity contribution in [3.8, 4) is 0 Å². The Kier molecular flexibility index (Phi) is 1.51. The summed E-state index contributed by atoms with van der Waals surface area (Å²) in [6.07, 6.45) is 2.94. The zero-order valence-electron chi connectivity index (χ0n) is 6.93. The van der Waals surface area contributed by atoms with Crippen LogP contribution < -0.4 is 0 Å².